The number of nitrogen functional groups attached to an aromatic ring is 1. The van der Waals surface area contributed by atoms with Crippen LogP contribution in [-0.2, 0) is 11.8 Å². The molecule has 1 rings (SSSR count). The number of hydrogen-bond donors (Lipinski definition) is 3. The van der Waals surface area contributed by atoms with Gasteiger partial charge in [0.1, 0.15) is 5.82 Å². The van der Waals surface area contributed by atoms with Crippen LogP contribution in [0.25, 0.3) is 0 Å². The number of aliphatic hydroxyl groups is 1. The number of nitrogens with zero attached hydrogens (tertiary/aromatic N) is 2. The number of aliphatic hydroxyl groups excluding tert-OH is 1. The van der Waals surface area contributed by atoms with Gasteiger partial charge in [-0.2, -0.15) is 5.10 Å². The quantitative estimate of drug-likeness (QED) is 0.603. The topological polar surface area (TPSA) is 85.3 Å². The van der Waals surface area contributed by atoms with Gasteiger partial charge in [-0.3, -0.25) is 4.68 Å². The lowest BCUT2D eigenvalue weighted by molar-refractivity contribution is 0.0922. The van der Waals surface area contributed by atoms with Crippen molar-refractivity contribution in [3.05, 3.63) is 5.69 Å². The molecule has 0 radical (unpaired) electrons. The van der Waals surface area contributed by atoms with Crippen LogP contribution in [0.1, 0.15) is 31.9 Å². The summed E-state index contributed by atoms with van der Waals surface area (Å²) in [6.07, 6.45) is 0.863. The van der Waals surface area contributed by atoms with Crippen molar-refractivity contribution in [2.45, 2.75) is 26.2 Å². The maximum atomic E-state index is 8.56. The normalized spacial score (nSPS) is 11.2. The third-order valence-corrected chi connectivity index (χ3v) is 2.65. The second-order valence-electron chi connectivity index (χ2n) is 4.54. The highest BCUT2D eigenvalue weighted by Crippen LogP contribution is 2.27. The van der Waals surface area contributed by atoms with E-state index in [1.54, 1.807) is 4.68 Å². The van der Waals surface area contributed by atoms with Gasteiger partial charge >= 0.3 is 0 Å². The van der Waals surface area contributed by atoms with Crippen LogP contribution in [0.4, 0.5) is 11.5 Å². The molecule has 0 unspecified atom stereocenters. The van der Waals surface area contributed by atoms with Crippen molar-refractivity contribution in [3.8, 4) is 0 Å². The number of nitrogens with one attached hydrogen (secondary N) is 1. The molecule has 0 aromatic carbocycles. The molecule has 0 spiro atoms. The summed E-state index contributed by atoms with van der Waals surface area (Å²) in [6.45, 7) is 6.01. The van der Waals surface area contributed by atoms with Gasteiger partial charge in [0.15, 0.2) is 0 Å². The van der Waals surface area contributed by atoms with Crippen LogP contribution in [0, 0.1) is 0 Å². The Kier molecular flexibility index (Phi) is 5.94. The fourth-order valence-corrected chi connectivity index (χ4v) is 1.74. The first kappa shape index (κ1) is 14.8. The maximum Gasteiger partial charge on any atom is 0.147 e. The second-order valence-corrected chi connectivity index (χ2v) is 4.54. The summed E-state index contributed by atoms with van der Waals surface area (Å²) in [5.74, 6) is 1.18. The Morgan fingerprint density at radius 3 is 2.72 bits per heavy atom. The van der Waals surface area contributed by atoms with Gasteiger partial charge < -0.3 is 20.9 Å². The number of aromatic nitrogens is 2. The average Bonchev–Trinajstić information content (AvgIpc) is 2.60. The molecule has 0 bridgehead atoms. The predicted octanol–water partition coefficient (Wildman–Crippen LogP) is 0.937. The van der Waals surface area contributed by atoms with Gasteiger partial charge in [0.25, 0.3) is 0 Å². The minimum absolute atomic E-state index is 0.0693. The zero-order valence-corrected chi connectivity index (χ0v) is 11.4. The molecule has 0 fully saturated rings. The summed E-state index contributed by atoms with van der Waals surface area (Å²) in [4.78, 5) is 0. The highest BCUT2D eigenvalue weighted by Gasteiger charge is 2.15. The molecule has 0 amide bonds. The lowest BCUT2D eigenvalue weighted by Gasteiger charge is -2.08. The van der Waals surface area contributed by atoms with Crippen LogP contribution >= 0.6 is 0 Å². The lowest BCUT2D eigenvalue weighted by Crippen LogP contribution is -2.11. The fraction of sp³-hybridized carbons (Fsp3) is 0.750. The van der Waals surface area contributed by atoms with Gasteiger partial charge in [0.2, 0.25) is 0 Å². The van der Waals surface area contributed by atoms with Crippen LogP contribution < -0.4 is 11.1 Å². The second kappa shape index (κ2) is 7.23. The van der Waals surface area contributed by atoms with Crippen LogP contribution in [0.2, 0.25) is 0 Å². The highest BCUT2D eigenvalue weighted by molar-refractivity contribution is 5.65. The zero-order chi connectivity index (χ0) is 13.5. The van der Waals surface area contributed by atoms with Crippen LogP contribution in [0.15, 0.2) is 0 Å². The van der Waals surface area contributed by atoms with E-state index in [-0.39, 0.29) is 6.61 Å². The zero-order valence-electron chi connectivity index (χ0n) is 11.4. The van der Waals surface area contributed by atoms with E-state index in [1.165, 1.54) is 0 Å². The molecule has 0 aliphatic carbocycles. The third kappa shape index (κ3) is 3.89. The average molecular weight is 256 g/mol. The van der Waals surface area contributed by atoms with Gasteiger partial charge in [-0.15, -0.1) is 0 Å². The minimum Gasteiger partial charge on any atom is -0.394 e. The van der Waals surface area contributed by atoms with Gasteiger partial charge in [0, 0.05) is 20.2 Å². The molecule has 18 heavy (non-hydrogen) atoms. The van der Waals surface area contributed by atoms with Crippen molar-refractivity contribution in [1.29, 1.82) is 0 Å². The number of ether oxygens (including phenoxy) is 1. The monoisotopic (exact) mass is 256 g/mol. The van der Waals surface area contributed by atoms with Crippen LogP contribution in [0.5, 0.6) is 0 Å². The summed E-state index contributed by atoms with van der Waals surface area (Å²) < 4.78 is 6.96. The summed E-state index contributed by atoms with van der Waals surface area (Å²) in [7, 11) is 1.88. The van der Waals surface area contributed by atoms with Crippen molar-refractivity contribution >= 4 is 11.5 Å². The van der Waals surface area contributed by atoms with E-state index in [4.69, 9.17) is 15.6 Å². The molecule has 0 aliphatic rings. The first-order valence-electron chi connectivity index (χ1n) is 6.32. The first-order chi connectivity index (χ1) is 8.57. The van der Waals surface area contributed by atoms with Crippen LogP contribution in [-0.4, -0.2) is 41.3 Å². The van der Waals surface area contributed by atoms with Crippen molar-refractivity contribution < 1.29 is 9.84 Å². The molecule has 6 heteroatoms. The van der Waals surface area contributed by atoms with E-state index < -0.39 is 0 Å². The molecule has 0 aliphatic heterocycles. The molecule has 1 heterocycles. The molecule has 1 aromatic heterocycles. The van der Waals surface area contributed by atoms with Crippen molar-refractivity contribution in [3.63, 3.8) is 0 Å². The van der Waals surface area contributed by atoms with Crippen LogP contribution in [0.3, 0.4) is 0 Å². The molecule has 104 valence electrons. The predicted molar refractivity (Wildman–Crippen MR) is 72.7 cm³/mol. The van der Waals surface area contributed by atoms with Gasteiger partial charge in [-0.05, 0) is 12.3 Å². The Morgan fingerprint density at radius 2 is 2.17 bits per heavy atom. The first-order valence-corrected chi connectivity index (χ1v) is 6.32. The van der Waals surface area contributed by atoms with Gasteiger partial charge in [0.05, 0.1) is 24.6 Å². The van der Waals surface area contributed by atoms with Crippen molar-refractivity contribution in [2.75, 3.05) is 37.4 Å². The van der Waals surface area contributed by atoms with Gasteiger partial charge in [-0.1, -0.05) is 13.8 Å². The summed E-state index contributed by atoms with van der Waals surface area (Å²) in [5, 5.41) is 16.2. The number of rotatable bonds is 8. The van der Waals surface area contributed by atoms with E-state index in [0.717, 1.165) is 30.2 Å². The summed E-state index contributed by atoms with van der Waals surface area (Å²) in [5.41, 5.74) is 7.71. The van der Waals surface area contributed by atoms with E-state index in [2.05, 4.69) is 24.3 Å². The molecule has 1 aromatic rings. The highest BCUT2D eigenvalue weighted by atomic mass is 16.5. The number of hydrogen-bond acceptors (Lipinski definition) is 5. The molecular formula is C12H24N4O2. The molecule has 6 nitrogen and oxygen atoms in total. The Bertz CT molecular complexity index is 363. The lowest BCUT2D eigenvalue weighted by atomic mass is 10.1. The van der Waals surface area contributed by atoms with Crippen molar-refractivity contribution in [2.24, 2.45) is 7.05 Å². The molecular weight excluding hydrogens is 232 g/mol. The largest absolute Gasteiger partial charge is 0.394 e. The Morgan fingerprint density at radius 1 is 1.44 bits per heavy atom. The SMILES string of the molecule is CC(C)c1nn(C)c(NCCCOCCO)c1N. The smallest absolute Gasteiger partial charge is 0.147 e. The summed E-state index contributed by atoms with van der Waals surface area (Å²) in [6, 6.07) is 0. The molecule has 4 N–H and O–H groups in total. The third-order valence-electron chi connectivity index (χ3n) is 2.65. The Hall–Kier alpha value is -1.27. The van der Waals surface area contributed by atoms with E-state index in [1.807, 2.05) is 7.05 Å². The maximum absolute atomic E-state index is 8.56. The molecule has 0 saturated heterocycles. The van der Waals surface area contributed by atoms with E-state index >= 15 is 0 Å². The van der Waals surface area contributed by atoms with E-state index in [0.29, 0.717) is 19.1 Å². The van der Waals surface area contributed by atoms with Crippen molar-refractivity contribution in [1.82, 2.24) is 9.78 Å². The summed E-state index contributed by atoms with van der Waals surface area (Å²) >= 11 is 0. The number of aryl methyl sites for hydroxylation is 1. The van der Waals surface area contributed by atoms with Gasteiger partial charge in [-0.25, -0.2) is 0 Å². The molecule has 0 saturated carbocycles. The number of nitrogens with two attached hydrogens (primary N) is 1. The minimum atomic E-state index is 0.0693. The standard InChI is InChI=1S/C12H24N4O2/c1-9(2)11-10(13)12(16(3)15-11)14-5-4-7-18-8-6-17/h9,14,17H,4-8,13H2,1-3H3. The Labute approximate surface area is 108 Å². The van der Waals surface area contributed by atoms with E-state index in [9.17, 15) is 0 Å². The fourth-order valence-electron chi connectivity index (χ4n) is 1.74. The number of anilines is 2. The Balaban J connectivity index is 2.42. The molecule has 0 atom stereocenters.